The minimum Gasteiger partial charge on any atom is -0.382 e. The Morgan fingerprint density at radius 1 is 1.00 bits per heavy atom. The van der Waals surface area contributed by atoms with Gasteiger partial charge in [-0.3, -0.25) is 0 Å². The van der Waals surface area contributed by atoms with Gasteiger partial charge >= 0.3 is 0 Å². The lowest BCUT2D eigenvalue weighted by molar-refractivity contribution is 1.05. The van der Waals surface area contributed by atoms with Gasteiger partial charge in [0.25, 0.3) is 0 Å². The van der Waals surface area contributed by atoms with Gasteiger partial charge < -0.3 is 11.5 Å². The van der Waals surface area contributed by atoms with E-state index in [1.165, 1.54) is 0 Å². The van der Waals surface area contributed by atoms with Crippen molar-refractivity contribution < 1.29 is 0 Å². The van der Waals surface area contributed by atoms with Crippen molar-refractivity contribution >= 4 is 23.2 Å². The van der Waals surface area contributed by atoms with Crippen molar-refractivity contribution in [3.05, 3.63) is 35.4 Å². The second-order valence-electron chi connectivity index (χ2n) is 3.08. The Hall–Kier alpha value is -1.81. The zero-order chi connectivity index (χ0) is 10.8. The van der Waals surface area contributed by atoms with E-state index in [2.05, 4.69) is 10.2 Å². The smallest absolute Gasteiger partial charge is 0.154 e. The highest BCUT2D eigenvalue weighted by Gasteiger charge is 2.04. The van der Waals surface area contributed by atoms with Crippen molar-refractivity contribution in [2.24, 2.45) is 0 Å². The summed E-state index contributed by atoms with van der Waals surface area (Å²) in [6.07, 6.45) is 0. The number of benzene rings is 1. The first-order chi connectivity index (χ1) is 7.16. The third kappa shape index (κ3) is 1.99. The van der Waals surface area contributed by atoms with E-state index in [9.17, 15) is 0 Å². The van der Waals surface area contributed by atoms with Gasteiger partial charge in [0.05, 0.1) is 0 Å². The molecule has 5 heteroatoms. The molecule has 15 heavy (non-hydrogen) atoms. The molecule has 0 aliphatic heterocycles. The van der Waals surface area contributed by atoms with E-state index < -0.39 is 0 Å². The summed E-state index contributed by atoms with van der Waals surface area (Å²) < 4.78 is 0. The van der Waals surface area contributed by atoms with Gasteiger partial charge in [-0.2, -0.15) is 0 Å². The van der Waals surface area contributed by atoms with Crippen molar-refractivity contribution in [2.75, 3.05) is 11.5 Å². The quantitative estimate of drug-likeness (QED) is 0.770. The molecule has 2 rings (SSSR count). The Morgan fingerprint density at radius 3 is 2.33 bits per heavy atom. The topological polar surface area (TPSA) is 77.8 Å². The molecule has 1 heterocycles. The molecule has 0 saturated carbocycles. The number of hydrogen-bond donors (Lipinski definition) is 2. The summed E-state index contributed by atoms with van der Waals surface area (Å²) in [7, 11) is 0. The van der Waals surface area contributed by atoms with Gasteiger partial charge in [0.1, 0.15) is 5.82 Å². The fourth-order valence-electron chi connectivity index (χ4n) is 1.28. The Kier molecular flexibility index (Phi) is 2.43. The van der Waals surface area contributed by atoms with Crippen LogP contribution in [0, 0.1) is 0 Å². The van der Waals surface area contributed by atoms with Crippen LogP contribution in [0.15, 0.2) is 30.3 Å². The number of nitrogen functional groups attached to an aromatic ring is 2. The summed E-state index contributed by atoms with van der Waals surface area (Å²) in [5.41, 5.74) is 12.9. The van der Waals surface area contributed by atoms with Gasteiger partial charge in [-0.25, -0.2) is 0 Å². The molecule has 0 radical (unpaired) electrons. The van der Waals surface area contributed by atoms with E-state index in [4.69, 9.17) is 23.1 Å². The highest BCUT2D eigenvalue weighted by Crippen LogP contribution is 2.26. The van der Waals surface area contributed by atoms with E-state index in [0.29, 0.717) is 16.7 Å². The lowest BCUT2D eigenvalue weighted by Gasteiger charge is -2.04. The van der Waals surface area contributed by atoms with Crippen LogP contribution in [0.2, 0.25) is 5.02 Å². The maximum absolute atomic E-state index is 5.79. The molecule has 0 amide bonds. The normalized spacial score (nSPS) is 10.2. The van der Waals surface area contributed by atoms with Crippen LogP contribution in [0.1, 0.15) is 0 Å². The predicted octanol–water partition coefficient (Wildman–Crippen LogP) is 1.96. The van der Waals surface area contributed by atoms with Crippen LogP contribution in [-0.2, 0) is 0 Å². The summed E-state index contributed by atoms with van der Waals surface area (Å²) >= 11 is 5.79. The molecule has 0 saturated heterocycles. The Morgan fingerprint density at radius 2 is 1.67 bits per heavy atom. The Balaban J connectivity index is 2.53. The molecule has 0 unspecified atom stereocenters. The van der Waals surface area contributed by atoms with Crippen molar-refractivity contribution in [3.63, 3.8) is 0 Å². The zero-order valence-corrected chi connectivity index (χ0v) is 8.57. The molecule has 0 bridgehead atoms. The van der Waals surface area contributed by atoms with Crippen LogP contribution in [0.4, 0.5) is 11.6 Å². The zero-order valence-electron chi connectivity index (χ0n) is 7.81. The van der Waals surface area contributed by atoms with Crippen LogP contribution in [0.3, 0.4) is 0 Å². The first kappa shape index (κ1) is 9.73. The van der Waals surface area contributed by atoms with Gasteiger partial charge in [0, 0.05) is 10.6 Å². The molecule has 1 aromatic carbocycles. The summed E-state index contributed by atoms with van der Waals surface area (Å²) in [6, 6.07) is 8.97. The lowest BCUT2D eigenvalue weighted by Crippen LogP contribution is -2.00. The first-order valence-electron chi connectivity index (χ1n) is 4.31. The predicted molar refractivity (Wildman–Crippen MR) is 61.3 cm³/mol. The lowest BCUT2D eigenvalue weighted by atomic mass is 10.1. The largest absolute Gasteiger partial charge is 0.382 e. The maximum atomic E-state index is 5.79. The van der Waals surface area contributed by atoms with Crippen molar-refractivity contribution in [3.8, 4) is 11.1 Å². The highest BCUT2D eigenvalue weighted by atomic mass is 35.5. The van der Waals surface area contributed by atoms with Gasteiger partial charge in [-0.05, 0) is 23.8 Å². The molecule has 0 aliphatic rings. The first-order valence-corrected chi connectivity index (χ1v) is 4.69. The number of hydrogen-bond acceptors (Lipinski definition) is 4. The molecule has 76 valence electrons. The minimum absolute atomic E-state index is 0.342. The molecule has 1 aromatic heterocycles. The summed E-state index contributed by atoms with van der Waals surface area (Å²) in [5.74, 6) is 0.695. The minimum atomic E-state index is 0.342. The van der Waals surface area contributed by atoms with Crippen LogP contribution in [0.5, 0.6) is 0 Å². The number of halogens is 1. The third-order valence-corrected chi connectivity index (χ3v) is 2.25. The number of nitrogens with two attached hydrogens (primary N) is 2. The Bertz CT molecular complexity index is 481. The molecule has 0 fully saturated rings. The summed E-state index contributed by atoms with van der Waals surface area (Å²) in [4.78, 5) is 0. The van der Waals surface area contributed by atoms with E-state index in [1.807, 2.05) is 12.1 Å². The number of anilines is 2. The molecule has 0 aliphatic carbocycles. The Labute approximate surface area is 91.9 Å². The second kappa shape index (κ2) is 3.74. The van der Waals surface area contributed by atoms with E-state index in [-0.39, 0.29) is 0 Å². The SMILES string of the molecule is Nc1cc(-c2ccc(Cl)cc2)c(N)nn1. The molecular formula is C10H9ClN4. The van der Waals surface area contributed by atoms with Gasteiger partial charge in [0.15, 0.2) is 5.82 Å². The van der Waals surface area contributed by atoms with Crippen molar-refractivity contribution in [1.82, 2.24) is 10.2 Å². The second-order valence-corrected chi connectivity index (χ2v) is 3.51. The van der Waals surface area contributed by atoms with Crippen LogP contribution >= 0.6 is 11.6 Å². The van der Waals surface area contributed by atoms with E-state index in [0.717, 1.165) is 11.1 Å². The summed E-state index contributed by atoms with van der Waals surface area (Å²) in [5, 5.41) is 8.08. The molecule has 4 nitrogen and oxygen atoms in total. The van der Waals surface area contributed by atoms with Crippen LogP contribution < -0.4 is 11.5 Å². The highest BCUT2D eigenvalue weighted by molar-refractivity contribution is 6.30. The number of aromatic nitrogens is 2. The van der Waals surface area contributed by atoms with Crippen molar-refractivity contribution in [1.29, 1.82) is 0 Å². The fraction of sp³-hybridized carbons (Fsp3) is 0. The number of rotatable bonds is 1. The fourth-order valence-corrected chi connectivity index (χ4v) is 1.40. The van der Waals surface area contributed by atoms with E-state index in [1.54, 1.807) is 18.2 Å². The molecule has 2 aromatic rings. The number of nitrogens with zero attached hydrogens (tertiary/aromatic N) is 2. The van der Waals surface area contributed by atoms with Crippen LogP contribution in [0.25, 0.3) is 11.1 Å². The average molecular weight is 221 g/mol. The van der Waals surface area contributed by atoms with Gasteiger partial charge in [0.2, 0.25) is 0 Å². The average Bonchev–Trinajstić information content (AvgIpc) is 2.23. The van der Waals surface area contributed by atoms with Gasteiger partial charge in [-0.1, -0.05) is 23.7 Å². The maximum Gasteiger partial charge on any atom is 0.154 e. The molecule has 4 N–H and O–H groups in total. The monoisotopic (exact) mass is 220 g/mol. The standard InChI is InChI=1S/C10H9ClN4/c11-7-3-1-6(2-4-7)8-5-9(12)14-15-10(8)13/h1-5H,(H2,12,14)(H2,13,15). The molecule has 0 spiro atoms. The third-order valence-electron chi connectivity index (χ3n) is 2.00. The molecule has 0 atom stereocenters. The molecular weight excluding hydrogens is 212 g/mol. The van der Waals surface area contributed by atoms with E-state index >= 15 is 0 Å². The van der Waals surface area contributed by atoms with Crippen LogP contribution in [-0.4, -0.2) is 10.2 Å². The van der Waals surface area contributed by atoms with Gasteiger partial charge in [-0.15, -0.1) is 10.2 Å². The summed E-state index contributed by atoms with van der Waals surface area (Å²) in [6.45, 7) is 0. The van der Waals surface area contributed by atoms with Crippen molar-refractivity contribution in [2.45, 2.75) is 0 Å².